The number of hydrogen-bond donors (Lipinski definition) is 0. The van der Waals surface area contributed by atoms with Gasteiger partial charge in [-0.25, -0.2) is 4.39 Å². The fraction of sp³-hybridized carbons (Fsp3) is 0.235. The van der Waals surface area contributed by atoms with E-state index in [4.69, 9.17) is 5.26 Å². The van der Waals surface area contributed by atoms with Crippen LogP contribution < -0.4 is 0 Å². The Bertz CT molecular complexity index is 764. The first kappa shape index (κ1) is 14.0. The highest BCUT2D eigenvalue weighted by Gasteiger charge is 2.15. The van der Waals surface area contributed by atoms with Gasteiger partial charge in [0.05, 0.1) is 28.2 Å². The third-order valence-electron chi connectivity index (χ3n) is 3.81. The molecular weight excluding hydrogens is 285 g/mol. The van der Waals surface area contributed by atoms with Crippen LogP contribution in [0.4, 0.5) is 4.39 Å². The average molecular weight is 299 g/mol. The van der Waals surface area contributed by atoms with Crippen LogP contribution in [-0.2, 0) is 29.4 Å². The molecule has 1 aliphatic carbocycles. The van der Waals surface area contributed by atoms with Gasteiger partial charge >= 0.3 is 0 Å². The van der Waals surface area contributed by atoms with E-state index in [0.29, 0.717) is 11.1 Å². The van der Waals surface area contributed by atoms with Crippen molar-refractivity contribution in [2.45, 2.75) is 29.9 Å². The predicted octanol–water partition coefficient (Wildman–Crippen LogP) is 3.49. The molecule has 2 aromatic rings. The molecule has 0 radical (unpaired) electrons. The first-order valence-corrected chi connectivity index (χ1v) is 8.18. The van der Waals surface area contributed by atoms with Gasteiger partial charge in [-0.05, 0) is 66.3 Å². The van der Waals surface area contributed by atoms with E-state index in [1.54, 1.807) is 0 Å². The summed E-state index contributed by atoms with van der Waals surface area (Å²) in [5, 5.41) is 9.05. The largest absolute Gasteiger partial charge is 0.254 e. The summed E-state index contributed by atoms with van der Waals surface area (Å²) < 4.78 is 25.8. The second kappa shape index (κ2) is 5.79. The molecule has 1 atom stereocenters. The van der Waals surface area contributed by atoms with Crippen molar-refractivity contribution in [1.82, 2.24) is 0 Å². The molecule has 2 aromatic carbocycles. The zero-order valence-corrected chi connectivity index (χ0v) is 12.3. The fourth-order valence-corrected chi connectivity index (χ4v) is 3.89. The summed E-state index contributed by atoms with van der Waals surface area (Å²) in [6.07, 6.45) is 3.27. The maximum absolute atomic E-state index is 13.3. The summed E-state index contributed by atoms with van der Waals surface area (Å²) in [7, 11) is -1.26. The second-order valence-electron chi connectivity index (χ2n) is 5.19. The van der Waals surface area contributed by atoms with E-state index in [1.807, 2.05) is 24.3 Å². The number of halogens is 1. The molecule has 0 saturated carbocycles. The van der Waals surface area contributed by atoms with Crippen LogP contribution in [0, 0.1) is 17.1 Å². The number of nitrogens with zero attached hydrogens (tertiary/aromatic N) is 1. The smallest absolute Gasteiger partial charge is 0.123 e. The number of aryl methyl sites for hydroxylation is 2. The van der Waals surface area contributed by atoms with Gasteiger partial charge < -0.3 is 0 Å². The molecule has 0 spiro atoms. The van der Waals surface area contributed by atoms with Gasteiger partial charge in [-0.3, -0.25) is 4.21 Å². The highest BCUT2D eigenvalue weighted by atomic mass is 32.2. The molecular formula is C17H14FNOS. The first-order valence-electron chi connectivity index (χ1n) is 6.86. The fourth-order valence-electron chi connectivity index (χ4n) is 2.71. The van der Waals surface area contributed by atoms with Gasteiger partial charge in [-0.2, -0.15) is 5.26 Å². The molecule has 21 heavy (non-hydrogen) atoms. The van der Waals surface area contributed by atoms with E-state index < -0.39 is 16.6 Å². The van der Waals surface area contributed by atoms with Crippen LogP contribution in [-0.4, -0.2) is 4.21 Å². The monoisotopic (exact) mass is 299 g/mol. The van der Waals surface area contributed by atoms with E-state index in [0.717, 1.165) is 24.2 Å². The van der Waals surface area contributed by atoms with Gasteiger partial charge in [-0.1, -0.05) is 6.07 Å². The molecule has 3 rings (SSSR count). The van der Waals surface area contributed by atoms with Crippen molar-refractivity contribution in [1.29, 1.82) is 5.26 Å². The number of nitriles is 1. The lowest BCUT2D eigenvalue weighted by atomic mass is 10.1. The van der Waals surface area contributed by atoms with Crippen molar-refractivity contribution in [3.8, 4) is 6.07 Å². The molecule has 0 bridgehead atoms. The number of hydrogen-bond acceptors (Lipinski definition) is 2. The number of benzene rings is 2. The molecule has 0 aromatic heterocycles. The summed E-state index contributed by atoms with van der Waals surface area (Å²) in [6, 6.07) is 11.9. The lowest BCUT2D eigenvalue weighted by Gasteiger charge is -2.07. The van der Waals surface area contributed by atoms with E-state index >= 15 is 0 Å². The third-order valence-corrected chi connectivity index (χ3v) is 5.16. The molecule has 2 nitrogen and oxygen atoms in total. The minimum absolute atomic E-state index is 0.166. The highest BCUT2D eigenvalue weighted by molar-refractivity contribution is 7.84. The Morgan fingerprint density at radius 1 is 1.14 bits per heavy atom. The quantitative estimate of drug-likeness (QED) is 0.870. The molecule has 1 aliphatic rings. The minimum atomic E-state index is -1.26. The van der Waals surface area contributed by atoms with Crippen LogP contribution in [0.5, 0.6) is 0 Å². The van der Waals surface area contributed by atoms with Crippen LogP contribution in [0.3, 0.4) is 0 Å². The zero-order chi connectivity index (χ0) is 14.8. The normalized spacial score (nSPS) is 14.5. The van der Waals surface area contributed by atoms with Crippen LogP contribution in [0.25, 0.3) is 0 Å². The number of rotatable bonds is 3. The van der Waals surface area contributed by atoms with Crippen molar-refractivity contribution in [3.63, 3.8) is 0 Å². The summed E-state index contributed by atoms with van der Waals surface area (Å²) in [5.74, 6) is -0.241. The molecule has 4 heteroatoms. The molecule has 0 N–H and O–H groups in total. The Labute approximate surface area is 125 Å². The highest BCUT2D eigenvalue weighted by Crippen LogP contribution is 2.25. The molecule has 0 saturated heterocycles. The average Bonchev–Trinajstić information content (AvgIpc) is 2.94. The molecule has 106 valence electrons. The third kappa shape index (κ3) is 2.88. The van der Waals surface area contributed by atoms with Gasteiger partial charge in [-0.15, -0.1) is 0 Å². The zero-order valence-electron chi connectivity index (χ0n) is 11.4. The summed E-state index contributed by atoms with van der Waals surface area (Å²) >= 11 is 0. The maximum atomic E-state index is 13.3. The Morgan fingerprint density at radius 3 is 2.76 bits per heavy atom. The standard InChI is InChI=1S/C17H14FNOS/c18-16-6-4-14(10-19)15(8-16)11-21(20)17-7-5-12-2-1-3-13(12)9-17/h4-9H,1-3,11H2. The Hall–Kier alpha value is -1.99. The Morgan fingerprint density at radius 2 is 1.95 bits per heavy atom. The summed E-state index contributed by atoms with van der Waals surface area (Å²) in [6.45, 7) is 0. The van der Waals surface area contributed by atoms with Gasteiger partial charge in [0.25, 0.3) is 0 Å². The van der Waals surface area contributed by atoms with Crippen LogP contribution in [0.15, 0.2) is 41.3 Å². The van der Waals surface area contributed by atoms with E-state index in [9.17, 15) is 8.60 Å². The molecule has 0 amide bonds. The van der Waals surface area contributed by atoms with Crippen molar-refractivity contribution in [2.75, 3.05) is 0 Å². The van der Waals surface area contributed by atoms with E-state index in [1.165, 1.54) is 29.3 Å². The van der Waals surface area contributed by atoms with E-state index in [-0.39, 0.29) is 5.75 Å². The van der Waals surface area contributed by atoms with Crippen LogP contribution >= 0.6 is 0 Å². The summed E-state index contributed by atoms with van der Waals surface area (Å²) in [5.41, 5.74) is 3.47. The molecule has 0 fully saturated rings. The van der Waals surface area contributed by atoms with Crippen molar-refractivity contribution in [2.24, 2.45) is 0 Å². The Balaban J connectivity index is 1.87. The minimum Gasteiger partial charge on any atom is -0.254 e. The van der Waals surface area contributed by atoms with Crippen LogP contribution in [0.2, 0.25) is 0 Å². The lowest BCUT2D eigenvalue weighted by Crippen LogP contribution is -2.00. The SMILES string of the molecule is N#Cc1ccc(F)cc1CS(=O)c1ccc2c(c1)CCC2. The van der Waals surface area contributed by atoms with Crippen LogP contribution in [0.1, 0.15) is 28.7 Å². The molecule has 0 heterocycles. The maximum Gasteiger partial charge on any atom is 0.123 e. The van der Waals surface area contributed by atoms with Gasteiger partial charge in [0.15, 0.2) is 0 Å². The lowest BCUT2D eigenvalue weighted by molar-refractivity contribution is 0.626. The van der Waals surface area contributed by atoms with Crippen molar-refractivity contribution in [3.05, 3.63) is 64.5 Å². The molecule has 0 aliphatic heterocycles. The first-order chi connectivity index (χ1) is 10.2. The topological polar surface area (TPSA) is 40.9 Å². The van der Waals surface area contributed by atoms with Crippen molar-refractivity contribution >= 4 is 10.8 Å². The van der Waals surface area contributed by atoms with Gasteiger partial charge in [0.1, 0.15) is 5.82 Å². The van der Waals surface area contributed by atoms with Crippen molar-refractivity contribution < 1.29 is 8.60 Å². The van der Waals surface area contributed by atoms with E-state index in [2.05, 4.69) is 0 Å². The predicted molar refractivity (Wildman–Crippen MR) is 79.7 cm³/mol. The number of fused-ring (bicyclic) bond motifs is 1. The van der Waals surface area contributed by atoms with Gasteiger partial charge in [0.2, 0.25) is 0 Å². The second-order valence-corrected chi connectivity index (χ2v) is 6.64. The van der Waals surface area contributed by atoms with Gasteiger partial charge in [0, 0.05) is 4.90 Å². The summed E-state index contributed by atoms with van der Waals surface area (Å²) in [4.78, 5) is 0.754. The molecule has 1 unspecified atom stereocenters. The Kier molecular flexibility index (Phi) is 3.85.